The molecule has 2 heterocycles. The van der Waals surface area contributed by atoms with Crippen LogP contribution in [0.5, 0.6) is 0 Å². The van der Waals surface area contributed by atoms with E-state index in [0.717, 1.165) is 21.2 Å². The third-order valence-electron chi connectivity index (χ3n) is 5.25. The van der Waals surface area contributed by atoms with Crippen molar-refractivity contribution in [3.05, 3.63) is 87.3 Å². The molecule has 2 aromatic carbocycles. The lowest BCUT2D eigenvalue weighted by Gasteiger charge is -2.17. The Morgan fingerprint density at radius 2 is 1.85 bits per heavy atom. The number of carbonyl (C=O) groups excluding carboxylic acids is 1. The highest BCUT2D eigenvalue weighted by atomic mass is 32.2. The number of thioether (sulfide) groups is 1. The van der Waals surface area contributed by atoms with Gasteiger partial charge in [-0.15, -0.1) is 11.8 Å². The third kappa shape index (κ3) is 5.34. The first-order chi connectivity index (χ1) is 16.0. The lowest BCUT2D eigenvalue weighted by atomic mass is 9.95. The highest BCUT2D eigenvalue weighted by Crippen LogP contribution is 2.31. The zero-order valence-electron chi connectivity index (χ0n) is 18.8. The van der Waals surface area contributed by atoms with Crippen LogP contribution in [0.3, 0.4) is 0 Å². The predicted molar refractivity (Wildman–Crippen MR) is 135 cm³/mol. The van der Waals surface area contributed by atoms with E-state index < -0.39 is 0 Å². The van der Waals surface area contributed by atoms with Gasteiger partial charge in [0.25, 0.3) is 5.56 Å². The van der Waals surface area contributed by atoms with Crippen molar-refractivity contribution in [3.8, 4) is 0 Å². The van der Waals surface area contributed by atoms with E-state index in [9.17, 15) is 9.59 Å². The molecule has 33 heavy (non-hydrogen) atoms. The minimum atomic E-state index is -0.213. The topological polar surface area (TPSA) is 76.4 Å². The van der Waals surface area contributed by atoms with E-state index in [4.69, 9.17) is 0 Å². The number of nitrogens with one attached hydrogen (secondary N) is 1. The number of carbonyl (C=O) groups is 1. The number of amides is 1. The standard InChI is InChI=1S/C25H26N4O2S2/c1-4-19(17-10-6-5-7-11-17)23(31)27-20-12-8-9-13-21(20)32-15-18-14-22(30)29-25(26-18)33-24(28-29)16(2)3/h5-14,16,19H,4,15H2,1-3H3,(H,27,31)/t19-/m1/s1. The van der Waals surface area contributed by atoms with Crippen molar-refractivity contribution in [2.24, 2.45) is 0 Å². The molecule has 0 radical (unpaired) electrons. The Morgan fingerprint density at radius 3 is 2.58 bits per heavy atom. The van der Waals surface area contributed by atoms with Gasteiger partial charge in [0.05, 0.1) is 17.3 Å². The monoisotopic (exact) mass is 478 g/mol. The summed E-state index contributed by atoms with van der Waals surface area (Å²) in [4.78, 5) is 31.7. The summed E-state index contributed by atoms with van der Waals surface area (Å²) in [6, 6.07) is 19.1. The summed E-state index contributed by atoms with van der Waals surface area (Å²) < 4.78 is 1.37. The van der Waals surface area contributed by atoms with Gasteiger partial charge in [-0.2, -0.15) is 9.61 Å². The molecule has 4 aromatic rings. The molecule has 0 saturated carbocycles. The first-order valence-electron chi connectivity index (χ1n) is 10.9. The maximum absolute atomic E-state index is 13.0. The van der Waals surface area contributed by atoms with Crippen LogP contribution in [-0.2, 0) is 10.5 Å². The highest BCUT2D eigenvalue weighted by molar-refractivity contribution is 7.98. The molecule has 1 atom stereocenters. The minimum absolute atomic E-state index is 0.0274. The molecule has 1 amide bonds. The maximum atomic E-state index is 13.0. The maximum Gasteiger partial charge on any atom is 0.275 e. The van der Waals surface area contributed by atoms with Gasteiger partial charge in [0.1, 0.15) is 5.01 Å². The smallest absolute Gasteiger partial charge is 0.275 e. The van der Waals surface area contributed by atoms with E-state index in [1.54, 1.807) is 11.8 Å². The predicted octanol–water partition coefficient (Wildman–Crippen LogP) is 5.70. The van der Waals surface area contributed by atoms with E-state index in [0.29, 0.717) is 22.8 Å². The molecule has 0 aliphatic carbocycles. The van der Waals surface area contributed by atoms with Crippen molar-refractivity contribution in [2.45, 2.75) is 49.7 Å². The van der Waals surface area contributed by atoms with Crippen LogP contribution in [0.4, 0.5) is 5.69 Å². The number of benzene rings is 2. The Morgan fingerprint density at radius 1 is 1.12 bits per heavy atom. The number of hydrogen-bond acceptors (Lipinski definition) is 6. The van der Waals surface area contributed by atoms with Crippen molar-refractivity contribution in [2.75, 3.05) is 5.32 Å². The molecular formula is C25H26N4O2S2. The van der Waals surface area contributed by atoms with E-state index >= 15 is 0 Å². The van der Waals surface area contributed by atoms with Gasteiger partial charge in [-0.05, 0) is 24.1 Å². The molecule has 4 rings (SSSR count). The van der Waals surface area contributed by atoms with Crippen molar-refractivity contribution >= 4 is 39.7 Å². The van der Waals surface area contributed by atoms with Gasteiger partial charge in [0.2, 0.25) is 10.9 Å². The fourth-order valence-electron chi connectivity index (χ4n) is 3.50. The number of hydrogen-bond donors (Lipinski definition) is 1. The van der Waals surface area contributed by atoms with Crippen molar-refractivity contribution in [3.63, 3.8) is 0 Å². The normalized spacial score (nSPS) is 12.2. The van der Waals surface area contributed by atoms with Gasteiger partial charge < -0.3 is 5.32 Å². The molecule has 0 aliphatic heterocycles. The van der Waals surface area contributed by atoms with Gasteiger partial charge in [-0.3, -0.25) is 9.59 Å². The van der Waals surface area contributed by atoms with Crippen LogP contribution in [0.2, 0.25) is 0 Å². The average Bonchev–Trinajstić information content (AvgIpc) is 3.25. The lowest BCUT2D eigenvalue weighted by Crippen LogP contribution is -2.21. The van der Waals surface area contributed by atoms with Crippen molar-refractivity contribution in [1.82, 2.24) is 14.6 Å². The van der Waals surface area contributed by atoms with E-state index in [1.807, 2.05) is 75.4 Å². The molecule has 170 valence electrons. The Labute approximate surface area is 201 Å². The second kappa shape index (κ2) is 10.3. The quantitative estimate of drug-likeness (QED) is 0.329. The Kier molecular flexibility index (Phi) is 7.25. The fourth-order valence-corrected chi connectivity index (χ4v) is 5.33. The van der Waals surface area contributed by atoms with Crippen LogP contribution in [0, 0.1) is 0 Å². The molecule has 6 nitrogen and oxygen atoms in total. The molecule has 2 aromatic heterocycles. The summed E-state index contributed by atoms with van der Waals surface area (Å²) in [5.41, 5.74) is 2.29. The summed E-state index contributed by atoms with van der Waals surface area (Å²) in [5.74, 6) is 0.520. The molecule has 0 aliphatic rings. The number of nitrogens with zero attached hydrogens (tertiary/aromatic N) is 3. The lowest BCUT2D eigenvalue weighted by molar-refractivity contribution is -0.117. The van der Waals surface area contributed by atoms with Crippen LogP contribution in [0.15, 0.2) is 70.4 Å². The van der Waals surface area contributed by atoms with Crippen LogP contribution < -0.4 is 10.9 Å². The molecule has 0 saturated heterocycles. The van der Waals surface area contributed by atoms with Crippen LogP contribution in [0.25, 0.3) is 4.96 Å². The van der Waals surface area contributed by atoms with Crippen molar-refractivity contribution < 1.29 is 4.79 Å². The highest BCUT2D eigenvalue weighted by Gasteiger charge is 2.19. The van der Waals surface area contributed by atoms with Crippen LogP contribution in [0.1, 0.15) is 55.3 Å². The second-order valence-electron chi connectivity index (χ2n) is 8.02. The number of rotatable bonds is 8. The van der Waals surface area contributed by atoms with Crippen LogP contribution >= 0.6 is 23.1 Å². The zero-order chi connectivity index (χ0) is 23.4. The summed E-state index contributed by atoms with van der Waals surface area (Å²) in [6.07, 6.45) is 0.715. The van der Waals surface area contributed by atoms with E-state index in [2.05, 4.69) is 15.4 Å². The molecule has 0 spiro atoms. The SMILES string of the molecule is CC[C@@H](C(=O)Nc1ccccc1SCc1cc(=O)n2nc(C(C)C)sc2n1)c1ccccc1. The summed E-state index contributed by atoms with van der Waals surface area (Å²) >= 11 is 2.99. The molecule has 8 heteroatoms. The summed E-state index contributed by atoms with van der Waals surface area (Å²) in [6.45, 7) is 6.11. The number of aromatic nitrogens is 3. The van der Waals surface area contributed by atoms with Crippen molar-refractivity contribution in [1.29, 1.82) is 0 Å². The largest absolute Gasteiger partial charge is 0.325 e. The molecular weight excluding hydrogens is 452 g/mol. The summed E-state index contributed by atoms with van der Waals surface area (Å²) in [5, 5.41) is 8.36. The van der Waals surface area contributed by atoms with Gasteiger partial charge in [-0.25, -0.2) is 4.98 Å². The number of anilines is 1. The second-order valence-corrected chi connectivity index (χ2v) is 10.0. The molecule has 0 bridgehead atoms. The fraction of sp³-hybridized carbons (Fsp3) is 0.280. The Hall–Kier alpha value is -2.97. The van der Waals surface area contributed by atoms with Crippen LogP contribution in [-0.4, -0.2) is 20.5 Å². The molecule has 0 unspecified atom stereocenters. The molecule has 1 N–H and O–H groups in total. The third-order valence-corrected chi connectivity index (χ3v) is 7.57. The summed E-state index contributed by atoms with van der Waals surface area (Å²) in [7, 11) is 0. The zero-order valence-corrected chi connectivity index (χ0v) is 20.5. The Balaban J connectivity index is 1.51. The molecule has 0 fully saturated rings. The van der Waals surface area contributed by atoms with Gasteiger partial charge in [-0.1, -0.05) is 74.6 Å². The van der Waals surface area contributed by atoms with Gasteiger partial charge in [0, 0.05) is 22.6 Å². The van der Waals surface area contributed by atoms with E-state index in [1.165, 1.54) is 21.9 Å². The van der Waals surface area contributed by atoms with E-state index in [-0.39, 0.29) is 23.3 Å². The van der Waals surface area contributed by atoms with Gasteiger partial charge >= 0.3 is 0 Å². The number of para-hydroxylation sites is 1. The Bertz CT molecular complexity index is 1310. The average molecular weight is 479 g/mol. The number of fused-ring (bicyclic) bond motifs is 1. The first-order valence-corrected chi connectivity index (χ1v) is 12.7. The van der Waals surface area contributed by atoms with Gasteiger partial charge in [0.15, 0.2) is 0 Å². The minimum Gasteiger partial charge on any atom is -0.325 e. The first kappa shape index (κ1) is 23.2.